The Morgan fingerprint density at radius 1 is 1.14 bits per heavy atom. The van der Waals surface area contributed by atoms with Crippen LogP contribution < -0.4 is 10.1 Å². The Balaban J connectivity index is 0.00000210. The molecule has 2 unspecified atom stereocenters. The fourth-order valence-corrected chi connectivity index (χ4v) is 5.19. The maximum absolute atomic E-state index is 13.4. The van der Waals surface area contributed by atoms with Gasteiger partial charge in [-0.05, 0) is 82.5 Å². The van der Waals surface area contributed by atoms with E-state index >= 15 is 0 Å². The quantitative estimate of drug-likeness (QED) is 0.394. The third-order valence-corrected chi connectivity index (χ3v) is 7.12. The summed E-state index contributed by atoms with van der Waals surface area (Å²) in [7, 11) is 4.20. The number of amides is 1. The number of rotatable bonds is 14. The molecular formula is C29H52N4O2. The Hall–Kier alpha value is -1.63. The van der Waals surface area contributed by atoms with Gasteiger partial charge in [-0.25, -0.2) is 0 Å². The van der Waals surface area contributed by atoms with E-state index in [0.717, 1.165) is 90.1 Å². The first-order valence-electron chi connectivity index (χ1n) is 14.1. The van der Waals surface area contributed by atoms with Gasteiger partial charge in [-0.1, -0.05) is 46.2 Å². The van der Waals surface area contributed by atoms with E-state index in [1.807, 2.05) is 13.8 Å². The van der Waals surface area contributed by atoms with Crippen molar-refractivity contribution in [1.82, 2.24) is 20.0 Å². The molecule has 1 N–H and O–H groups in total. The summed E-state index contributed by atoms with van der Waals surface area (Å²) in [5, 5.41) is 3.48. The van der Waals surface area contributed by atoms with Crippen LogP contribution in [0.1, 0.15) is 76.8 Å². The van der Waals surface area contributed by atoms with Crippen LogP contribution >= 0.6 is 0 Å². The van der Waals surface area contributed by atoms with Crippen LogP contribution in [0.15, 0.2) is 18.2 Å². The molecule has 1 fully saturated rings. The topological polar surface area (TPSA) is 48.0 Å². The van der Waals surface area contributed by atoms with E-state index in [1.54, 1.807) is 0 Å². The van der Waals surface area contributed by atoms with Gasteiger partial charge in [0.2, 0.25) is 5.91 Å². The third-order valence-electron chi connectivity index (χ3n) is 7.12. The van der Waals surface area contributed by atoms with Gasteiger partial charge in [0.05, 0.1) is 13.2 Å². The molecule has 1 amide bonds. The highest BCUT2D eigenvalue weighted by Gasteiger charge is 2.34. The lowest BCUT2D eigenvalue weighted by molar-refractivity contribution is -0.132. The monoisotopic (exact) mass is 488 g/mol. The van der Waals surface area contributed by atoms with Gasteiger partial charge in [-0.15, -0.1) is 0 Å². The van der Waals surface area contributed by atoms with Gasteiger partial charge in [0.25, 0.3) is 0 Å². The predicted molar refractivity (Wildman–Crippen MR) is 148 cm³/mol. The lowest BCUT2D eigenvalue weighted by atomic mass is 9.93. The van der Waals surface area contributed by atoms with E-state index in [-0.39, 0.29) is 0 Å². The molecule has 0 aliphatic carbocycles. The van der Waals surface area contributed by atoms with Gasteiger partial charge < -0.3 is 19.9 Å². The lowest BCUT2D eigenvalue weighted by Crippen LogP contribution is -2.44. The summed E-state index contributed by atoms with van der Waals surface area (Å²) >= 11 is 0. The fourth-order valence-electron chi connectivity index (χ4n) is 5.19. The Morgan fingerprint density at radius 3 is 2.63 bits per heavy atom. The molecule has 2 aliphatic heterocycles. The Bertz CT molecular complexity index is 739. The number of carbonyl (C=O) groups excluding carboxylic acids is 1. The number of unbranched alkanes of at least 4 members (excludes halogenated alkanes) is 1. The fraction of sp³-hybridized carbons (Fsp3) is 0.759. The molecule has 3 rings (SSSR count). The zero-order chi connectivity index (χ0) is 25.6. The molecule has 0 bridgehead atoms. The number of nitrogens with one attached hydrogen (secondary N) is 1. The number of nitrogens with zero attached hydrogens (tertiary/aromatic N) is 3. The maximum Gasteiger partial charge on any atom is 0.236 e. The van der Waals surface area contributed by atoms with Crippen molar-refractivity contribution in [1.29, 1.82) is 0 Å². The van der Waals surface area contributed by atoms with Gasteiger partial charge in [0.15, 0.2) is 0 Å². The summed E-state index contributed by atoms with van der Waals surface area (Å²) in [4.78, 5) is 20.2. The first kappa shape index (κ1) is 29.6. The Labute approximate surface area is 215 Å². The van der Waals surface area contributed by atoms with Crippen molar-refractivity contribution in [3.8, 4) is 5.75 Å². The third kappa shape index (κ3) is 9.40. The highest BCUT2D eigenvalue weighted by molar-refractivity contribution is 5.78. The second-order valence-corrected chi connectivity index (χ2v) is 10.0. The lowest BCUT2D eigenvalue weighted by Gasteiger charge is -2.29. The minimum Gasteiger partial charge on any atom is -0.493 e. The van der Waals surface area contributed by atoms with Gasteiger partial charge in [0.1, 0.15) is 5.75 Å². The molecule has 1 aromatic rings. The van der Waals surface area contributed by atoms with Gasteiger partial charge in [-0.2, -0.15) is 0 Å². The standard InChI is InChI=1S/C27H46N4O2.C2H6/c1-5-7-15-30(16-8-14-29(3)4)27(32)21-31-20-24(19-25(31)11-13-28-6-2)22-9-10-26-23(18-22)12-17-33-26;1-2/h9-10,18,24-25,28H,5-8,11-17,19-21H2,1-4H3;1-2H3. The maximum atomic E-state index is 13.4. The summed E-state index contributed by atoms with van der Waals surface area (Å²) in [6.07, 6.45) is 6.48. The second-order valence-electron chi connectivity index (χ2n) is 10.0. The highest BCUT2D eigenvalue weighted by Crippen LogP contribution is 2.36. The second kappa shape index (κ2) is 16.2. The molecule has 6 nitrogen and oxygen atoms in total. The van der Waals surface area contributed by atoms with Crippen LogP contribution in [-0.2, 0) is 11.2 Å². The van der Waals surface area contributed by atoms with Crippen LogP contribution in [-0.4, -0.2) is 93.2 Å². The molecular weight excluding hydrogens is 436 g/mol. The van der Waals surface area contributed by atoms with E-state index in [1.165, 1.54) is 11.1 Å². The number of hydrogen-bond acceptors (Lipinski definition) is 5. The van der Waals surface area contributed by atoms with Crippen LogP contribution in [0.5, 0.6) is 5.75 Å². The minimum atomic E-state index is 0.304. The normalized spacial score (nSPS) is 19.3. The van der Waals surface area contributed by atoms with Crippen molar-refractivity contribution < 1.29 is 9.53 Å². The average Bonchev–Trinajstić information content (AvgIpc) is 3.49. The molecule has 2 atom stereocenters. The van der Waals surface area contributed by atoms with Crippen LogP contribution in [0.3, 0.4) is 0 Å². The summed E-state index contributed by atoms with van der Waals surface area (Å²) in [5.41, 5.74) is 2.76. The molecule has 6 heteroatoms. The molecule has 0 saturated carbocycles. The summed E-state index contributed by atoms with van der Waals surface area (Å²) in [6, 6.07) is 7.21. The summed E-state index contributed by atoms with van der Waals surface area (Å²) in [6.45, 7) is 15.5. The number of hydrogen-bond donors (Lipinski definition) is 1. The SMILES string of the molecule is CC.CCCCN(CCCN(C)C)C(=O)CN1CC(c2ccc3c(c2)CCO3)CC1CCNCC. The van der Waals surface area contributed by atoms with Crippen molar-refractivity contribution in [2.45, 2.75) is 78.2 Å². The van der Waals surface area contributed by atoms with Crippen LogP contribution in [0.2, 0.25) is 0 Å². The zero-order valence-electron chi connectivity index (χ0n) is 23.4. The van der Waals surface area contributed by atoms with Crippen molar-refractivity contribution in [3.63, 3.8) is 0 Å². The van der Waals surface area contributed by atoms with Crippen molar-refractivity contribution in [2.75, 3.05) is 66.5 Å². The Kier molecular flexibility index (Phi) is 13.7. The summed E-state index contributed by atoms with van der Waals surface area (Å²) in [5.74, 6) is 1.85. The molecule has 0 aromatic heterocycles. The number of carbonyl (C=O) groups is 1. The minimum absolute atomic E-state index is 0.304. The number of fused-ring (bicyclic) bond motifs is 1. The van der Waals surface area contributed by atoms with Gasteiger partial charge in [0, 0.05) is 32.1 Å². The molecule has 0 spiro atoms. The first-order valence-corrected chi connectivity index (χ1v) is 14.1. The molecule has 200 valence electrons. The Morgan fingerprint density at radius 2 is 1.91 bits per heavy atom. The van der Waals surface area contributed by atoms with E-state index < -0.39 is 0 Å². The van der Waals surface area contributed by atoms with E-state index in [2.05, 4.69) is 66.2 Å². The number of likely N-dealkylation sites (tertiary alicyclic amines) is 1. The molecule has 1 aromatic carbocycles. The van der Waals surface area contributed by atoms with E-state index in [4.69, 9.17) is 4.74 Å². The smallest absolute Gasteiger partial charge is 0.236 e. The van der Waals surface area contributed by atoms with Crippen molar-refractivity contribution in [2.24, 2.45) is 0 Å². The zero-order valence-corrected chi connectivity index (χ0v) is 23.4. The van der Waals surface area contributed by atoms with Crippen LogP contribution in [0.4, 0.5) is 0 Å². The first-order chi connectivity index (χ1) is 17.0. The van der Waals surface area contributed by atoms with Crippen LogP contribution in [0.25, 0.3) is 0 Å². The molecule has 0 radical (unpaired) electrons. The largest absolute Gasteiger partial charge is 0.493 e. The van der Waals surface area contributed by atoms with Crippen LogP contribution in [0, 0.1) is 0 Å². The van der Waals surface area contributed by atoms with E-state index in [0.29, 0.717) is 24.4 Å². The van der Waals surface area contributed by atoms with Gasteiger partial charge in [-0.3, -0.25) is 9.69 Å². The molecule has 2 aliphatic rings. The van der Waals surface area contributed by atoms with E-state index in [9.17, 15) is 4.79 Å². The number of ether oxygens (including phenoxy) is 1. The van der Waals surface area contributed by atoms with Crippen molar-refractivity contribution in [3.05, 3.63) is 29.3 Å². The summed E-state index contributed by atoms with van der Waals surface area (Å²) < 4.78 is 5.71. The van der Waals surface area contributed by atoms with Crippen molar-refractivity contribution >= 4 is 5.91 Å². The molecule has 1 saturated heterocycles. The molecule has 2 heterocycles. The predicted octanol–water partition coefficient (Wildman–Crippen LogP) is 4.39. The molecule has 35 heavy (non-hydrogen) atoms. The highest BCUT2D eigenvalue weighted by atomic mass is 16.5. The number of benzene rings is 1. The van der Waals surface area contributed by atoms with Gasteiger partial charge >= 0.3 is 0 Å². The average molecular weight is 489 g/mol.